The molecule has 1 aromatic heterocycles. The van der Waals surface area contributed by atoms with Crippen LogP contribution in [0.1, 0.15) is 0 Å². The molecule has 0 atom stereocenters. The molecule has 0 spiro atoms. The van der Waals surface area contributed by atoms with Gasteiger partial charge in [-0.2, -0.15) is 0 Å². The summed E-state index contributed by atoms with van der Waals surface area (Å²) >= 11 is 8.58. The average Bonchev–Trinajstić information content (AvgIpc) is 2.33. The quantitative estimate of drug-likeness (QED) is 0.730. The maximum absolute atomic E-state index is 13.6. The molecule has 1 aromatic carbocycles. The molecule has 0 saturated carbocycles. The minimum Gasteiger partial charge on any atom is -0.404 e. The number of pyridine rings is 1. The number of hydrogen-bond acceptors (Lipinski definition) is 3. The molecule has 2 aromatic rings. The summed E-state index contributed by atoms with van der Waals surface area (Å²) in [4.78, 5) is 3.67. The number of rotatable bonds is 3. The lowest BCUT2D eigenvalue weighted by atomic mass is 10.3. The summed E-state index contributed by atoms with van der Waals surface area (Å²) in [6, 6.07) is 4.85. The first-order valence-electron chi connectivity index (χ1n) is 5.38. The molecule has 9 heteroatoms. The van der Waals surface area contributed by atoms with Crippen molar-refractivity contribution in [2.24, 2.45) is 0 Å². The van der Waals surface area contributed by atoms with Crippen LogP contribution >= 0.6 is 27.5 Å². The van der Waals surface area contributed by atoms with E-state index in [0.29, 0.717) is 4.47 Å². The van der Waals surface area contributed by atoms with Crippen LogP contribution in [0.15, 0.2) is 34.9 Å². The lowest BCUT2D eigenvalue weighted by molar-refractivity contribution is -0.274. The molecule has 0 aliphatic heterocycles. The van der Waals surface area contributed by atoms with Gasteiger partial charge in [0, 0.05) is 10.7 Å². The fourth-order valence-corrected chi connectivity index (χ4v) is 1.93. The lowest BCUT2D eigenvalue weighted by Gasteiger charge is -2.15. The van der Waals surface area contributed by atoms with Gasteiger partial charge >= 0.3 is 6.36 Å². The van der Waals surface area contributed by atoms with Crippen molar-refractivity contribution in [2.45, 2.75) is 6.36 Å². The smallest absolute Gasteiger partial charge is 0.404 e. The first-order chi connectivity index (χ1) is 9.74. The molecule has 112 valence electrons. The highest BCUT2D eigenvalue weighted by atomic mass is 79.9. The first-order valence-corrected chi connectivity index (χ1v) is 6.55. The van der Waals surface area contributed by atoms with Crippen LogP contribution in [0.3, 0.4) is 0 Å². The minimum absolute atomic E-state index is 0.0700. The van der Waals surface area contributed by atoms with Gasteiger partial charge in [0.2, 0.25) is 0 Å². The highest BCUT2D eigenvalue weighted by molar-refractivity contribution is 9.10. The number of hydrogen-bond donors (Lipinski definition) is 1. The van der Waals surface area contributed by atoms with Gasteiger partial charge in [0.1, 0.15) is 0 Å². The molecule has 3 nitrogen and oxygen atoms in total. The molecule has 21 heavy (non-hydrogen) atoms. The Hall–Kier alpha value is -1.54. The topological polar surface area (TPSA) is 34.2 Å². The van der Waals surface area contributed by atoms with E-state index < -0.39 is 17.9 Å². The summed E-state index contributed by atoms with van der Waals surface area (Å²) in [5, 5.41) is 2.50. The lowest BCUT2D eigenvalue weighted by Crippen LogP contribution is -2.18. The molecule has 2 rings (SSSR count). The van der Waals surface area contributed by atoms with Crippen LogP contribution in [0.2, 0.25) is 5.02 Å². The zero-order chi connectivity index (χ0) is 15.6. The van der Waals surface area contributed by atoms with E-state index in [1.165, 1.54) is 12.1 Å². The Morgan fingerprint density at radius 3 is 2.57 bits per heavy atom. The maximum Gasteiger partial charge on any atom is 0.573 e. The number of nitrogens with one attached hydrogen (secondary N) is 1. The van der Waals surface area contributed by atoms with Gasteiger partial charge in [-0.25, -0.2) is 9.37 Å². The molecule has 0 aliphatic rings. The highest BCUT2D eigenvalue weighted by Gasteiger charge is 2.32. The summed E-state index contributed by atoms with van der Waals surface area (Å²) < 4.78 is 54.9. The number of halogens is 6. The van der Waals surface area contributed by atoms with E-state index >= 15 is 0 Å². The van der Waals surface area contributed by atoms with Crippen LogP contribution < -0.4 is 10.1 Å². The number of alkyl halides is 3. The zero-order valence-corrected chi connectivity index (χ0v) is 12.4. The average molecular weight is 386 g/mol. The Kier molecular flexibility index (Phi) is 4.58. The van der Waals surface area contributed by atoms with E-state index in [9.17, 15) is 17.6 Å². The van der Waals surface area contributed by atoms with Crippen LogP contribution in [0.5, 0.6) is 5.75 Å². The Balaban J connectivity index is 2.35. The van der Waals surface area contributed by atoms with Crippen molar-refractivity contribution in [2.75, 3.05) is 5.32 Å². The number of anilines is 2. The van der Waals surface area contributed by atoms with Crippen LogP contribution in [-0.2, 0) is 0 Å². The molecule has 0 bridgehead atoms. The zero-order valence-electron chi connectivity index (χ0n) is 10.0. The van der Waals surface area contributed by atoms with Crippen molar-refractivity contribution in [3.8, 4) is 5.75 Å². The van der Waals surface area contributed by atoms with Crippen LogP contribution in [-0.4, -0.2) is 11.3 Å². The minimum atomic E-state index is -4.87. The molecule has 0 unspecified atom stereocenters. The Bertz CT molecular complexity index is 666. The van der Waals surface area contributed by atoms with Gasteiger partial charge in [-0.15, -0.1) is 13.2 Å². The first kappa shape index (κ1) is 15.8. The van der Waals surface area contributed by atoms with Gasteiger partial charge < -0.3 is 10.1 Å². The largest absolute Gasteiger partial charge is 0.573 e. The molecule has 0 aliphatic carbocycles. The second-order valence-electron chi connectivity index (χ2n) is 3.80. The standard InChI is InChI=1S/C12H6BrClF4N2O/c13-6-1-2-9(10(3-6)21-12(16,17)18)20-11-8(15)4-7(14)5-19-11/h1-5H,(H,19,20). The molecule has 0 saturated heterocycles. The summed E-state index contributed by atoms with van der Waals surface area (Å²) in [5.74, 6) is -1.59. The van der Waals surface area contributed by atoms with Gasteiger partial charge in [-0.05, 0) is 24.3 Å². The molecule has 1 N–H and O–H groups in total. The van der Waals surface area contributed by atoms with Crippen molar-refractivity contribution < 1.29 is 22.3 Å². The van der Waals surface area contributed by atoms with E-state index in [1.54, 1.807) is 0 Å². The van der Waals surface area contributed by atoms with Crippen LogP contribution in [0.25, 0.3) is 0 Å². The van der Waals surface area contributed by atoms with Gasteiger partial charge in [0.15, 0.2) is 17.4 Å². The fraction of sp³-hybridized carbons (Fsp3) is 0.0833. The number of ether oxygens (including phenoxy) is 1. The van der Waals surface area contributed by atoms with Crippen molar-refractivity contribution in [1.82, 2.24) is 4.98 Å². The number of nitrogens with zero attached hydrogens (tertiary/aromatic N) is 1. The predicted octanol–water partition coefficient (Wildman–Crippen LogP) is 5.28. The SMILES string of the molecule is Fc1cc(Cl)cnc1Nc1ccc(Br)cc1OC(F)(F)F. The molecule has 0 fully saturated rings. The van der Waals surface area contributed by atoms with Crippen LogP contribution in [0, 0.1) is 5.82 Å². The van der Waals surface area contributed by atoms with Crippen molar-refractivity contribution in [1.29, 1.82) is 0 Å². The van der Waals surface area contributed by atoms with E-state index in [4.69, 9.17) is 11.6 Å². The summed E-state index contributed by atoms with van der Waals surface area (Å²) in [6.45, 7) is 0. The third-order valence-electron chi connectivity index (χ3n) is 2.23. The molecular formula is C12H6BrClF4N2O. The predicted molar refractivity (Wildman–Crippen MR) is 73.3 cm³/mol. The van der Waals surface area contributed by atoms with Crippen LogP contribution in [0.4, 0.5) is 29.1 Å². The second-order valence-corrected chi connectivity index (χ2v) is 5.15. The Labute approximate surface area is 130 Å². The molecule has 0 radical (unpaired) electrons. The van der Waals surface area contributed by atoms with E-state index in [2.05, 4.69) is 31.0 Å². The molecular weight excluding hydrogens is 379 g/mol. The Morgan fingerprint density at radius 1 is 1.24 bits per heavy atom. The molecule has 1 heterocycles. The molecule has 0 amide bonds. The second kappa shape index (κ2) is 6.07. The fourth-order valence-electron chi connectivity index (χ4n) is 1.44. The van der Waals surface area contributed by atoms with Gasteiger partial charge in [0.25, 0.3) is 0 Å². The van der Waals surface area contributed by atoms with Gasteiger partial charge in [-0.1, -0.05) is 27.5 Å². The van der Waals surface area contributed by atoms with E-state index in [-0.39, 0.29) is 16.5 Å². The third-order valence-corrected chi connectivity index (χ3v) is 2.93. The normalized spacial score (nSPS) is 11.3. The summed E-state index contributed by atoms with van der Waals surface area (Å²) in [6.07, 6.45) is -3.71. The van der Waals surface area contributed by atoms with Crippen molar-refractivity contribution in [3.63, 3.8) is 0 Å². The van der Waals surface area contributed by atoms with E-state index in [0.717, 1.165) is 18.3 Å². The maximum atomic E-state index is 13.6. The van der Waals surface area contributed by atoms with Crippen molar-refractivity contribution in [3.05, 3.63) is 45.8 Å². The summed E-state index contributed by atoms with van der Waals surface area (Å²) in [5.41, 5.74) is -0.0933. The Morgan fingerprint density at radius 2 is 1.95 bits per heavy atom. The number of aromatic nitrogens is 1. The highest BCUT2D eigenvalue weighted by Crippen LogP contribution is 2.34. The van der Waals surface area contributed by atoms with Crippen molar-refractivity contribution >= 4 is 39.0 Å². The van der Waals surface area contributed by atoms with E-state index in [1.807, 2.05) is 0 Å². The monoisotopic (exact) mass is 384 g/mol. The number of benzene rings is 1. The van der Waals surface area contributed by atoms with Gasteiger partial charge in [-0.3, -0.25) is 0 Å². The van der Waals surface area contributed by atoms with Gasteiger partial charge in [0.05, 0.1) is 10.7 Å². The summed E-state index contributed by atoms with van der Waals surface area (Å²) in [7, 11) is 0. The third kappa shape index (κ3) is 4.47.